The Labute approximate surface area is 144 Å². The highest BCUT2D eigenvalue weighted by Crippen LogP contribution is 2.40. The van der Waals surface area contributed by atoms with E-state index < -0.39 is 0 Å². The third kappa shape index (κ3) is 3.97. The van der Waals surface area contributed by atoms with Crippen LogP contribution in [0.4, 0.5) is 0 Å². The Kier molecular flexibility index (Phi) is 4.97. The lowest BCUT2D eigenvalue weighted by atomic mass is 10.1. The molecular weight excluding hydrogens is 337 g/mol. The van der Waals surface area contributed by atoms with E-state index >= 15 is 0 Å². The van der Waals surface area contributed by atoms with Gasteiger partial charge in [0.05, 0.1) is 5.02 Å². The summed E-state index contributed by atoms with van der Waals surface area (Å²) in [4.78, 5) is 13.4. The van der Waals surface area contributed by atoms with Crippen molar-refractivity contribution in [2.24, 2.45) is 0 Å². The zero-order valence-electron chi connectivity index (χ0n) is 11.8. The molecule has 1 N–H and O–H groups in total. The number of thioether (sulfide) groups is 1. The number of amides is 1. The molecule has 1 unspecified atom stereocenters. The fourth-order valence-corrected chi connectivity index (χ4v) is 3.69. The lowest BCUT2D eigenvalue weighted by Crippen LogP contribution is -2.29. The van der Waals surface area contributed by atoms with Crippen LogP contribution in [0, 0.1) is 0 Å². The molecule has 3 rings (SSSR count). The normalized spacial score (nSPS) is 15.4. The van der Waals surface area contributed by atoms with Crippen molar-refractivity contribution in [3.05, 3.63) is 64.1 Å². The van der Waals surface area contributed by atoms with Gasteiger partial charge >= 0.3 is 0 Å². The number of carbonyl (C=O) groups excluding carboxylic acids is 1. The molecule has 2 aromatic rings. The zero-order chi connectivity index (χ0) is 15.5. The first-order valence-electron chi connectivity index (χ1n) is 7.10. The van der Waals surface area contributed by atoms with E-state index in [-0.39, 0.29) is 11.2 Å². The Morgan fingerprint density at radius 1 is 1.14 bits per heavy atom. The van der Waals surface area contributed by atoms with Crippen molar-refractivity contribution in [3.8, 4) is 0 Å². The van der Waals surface area contributed by atoms with Gasteiger partial charge in [0.15, 0.2) is 0 Å². The number of hydrogen-bond acceptors (Lipinski definition) is 2. The monoisotopic (exact) mass is 351 g/mol. The molecule has 2 aromatic carbocycles. The van der Waals surface area contributed by atoms with Crippen LogP contribution in [0.2, 0.25) is 10.0 Å². The molecule has 0 spiro atoms. The van der Waals surface area contributed by atoms with Gasteiger partial charge in [-0.3, -0.25) is 4.79 Å². The first-order chi connectivity index (χ1) is 10.6. The van der Waals surface area contributed by atoms with Crippen molar-refractivity contribution in [1.82, 2.24) is 5.32 Å². The minimum atomic E-state index is -0.335. The predicted molar refractivity (Wildman–Crippen MR) is 92.7 cm³/mol. The van der Waals surface area contributed by atoms with Crippen LogP contribution in [0.3, 0.4) is 0 Å². The van der Waals surface area contributed by atoms with Gasteiger partial charge in [-0.25, -0.2) is 0 Å². The lowest BCUT2D eigenvalue weighted by Gasteiger charge is -2.17. The second kappa shape index (κ2) is 6.95. The number of rotatable bonds is 5. The molecule has 0 aliphatic heterocycles. The molecule has 0 heterocycles. The highest BCUT2D eigenvalue weighted by atomic mass is 35.5. The van der Waals surface area contributed by atoms with Gasteiger partial charge < -0.3 is 5.32 Å². The summed E-state index contributed by atoms with van der Waals surface area (Å²) in [5.41, 5.74) is 0.960. The lowest BCUT2D eigenvalue weighted by molar-refractivity contribution is -0.120. The second-order valence-electron chi connectivity index (χ2n) is 5.27. The van der Waals surface area contributed by atoms with Crippen LogP contribution < -0.4 is 5.32 Å². The summed E-state index contributed by atoms with van der Waals surface area (Å²) in [7, 11) is 0. The maximum absolute atomic E-state index is 12.6. The fourth-order valence-electron chi connectivity index (χ4n) is 2.10. The van der Waals surface area contributed by atoms with Gasteiger partial charge in [0.1, 0.15) is 5.25 Å². The second-order valence-corrected chi connectivity index (χ2v) is 7.26. The Hall–Kier alpha value is -1.16. The number of benzene rings is 2. The van der Waals surface area contributed by atoms with Gasteiger partial charge in [-0.1, -0.05) is 53.5 Å². The predicted octanol–water partition coefficient (Wildman–Crippen LogP) is 5.11. The largest absolute Gasteiger partial charge is 0.352 e. The summed E-state index contributed by atoms with van der Waals surface area (Å²) in [6.07, 6.45) is 2.13. The van der Waals surface area contributed by atoms with Crippen LogP contribution in [0.1, 0.15) is 23.7 Å². The van der Waals surface area contributed by atoms with E-state index in [1.165, 1.54) is 11.8 Å². The first-order valence-corrected chi connectivity index (χ1v) is 8.74. The molecule has 22 heavy (non-hydrogen) atoms. The van der Waals surface area contributed by atoms with Gasteiger partial charge in [0, 0.05) is 16.0 Å². The molecule has 1 amide bonds. The molecule has 0 aromatic heterocycles. The van der Waals surface area contributed by atoms with E-state index in [9.17, 15) is 4.79 Å². The van der Waals surface area contributed by atoms with Gasteiger partial charge in [0.2, 0.25) is 5.91 Å². The summed E-state index contributed by atoms with van der Waals surface area (Å²) in [6, 6.07) is 15.4. The standard InChI is InChI=1S/C17H15Cl2NOS/c18-12-6-9-14(19)15(10-12)22-16(11-4-2-1-3-5-11)17(21)20-13-7-8-13/h1-6,9-10,13,16H,7-8H2,(H,20,21). The molecule has 114 valence electrons. The summed E-state index contributed by atoms with van der Waals surface area (Å²) < 4.78 is 0. The number of carbonyl (C=O) groups is 1. The van der Waals surface area contributed by atoms with Crippen LogP contribution >= 0.6 is 35.0 Å². The molecule has 1 fully saturated rings. The van der Waals surface area contributed by atoms with E-state index in [1.54, 1.807) is 18.2 Å². The van der Waals surface area contributed by atoms with Gasteiger partial charge in [0.25, 0.3) is 0 Å². The molecule has 0 bridgehead atoms. The SMILES string of the molecule is O=C(NC1CC1)C(Sc1cc(Cl)ccc1Cl)c1ccccc1. The van der Waals surface area contributed by atoms with E-state index in [0.29, 0.717) is 16.1 Å². The molecular formula is C17H15Cl2NOS. The van der Waals surface area contributed by atoms with Gasteiger partial charge in [-0.15, -0.1) is 11.8 Å². The molecule has 2 nitrogen and oxygen atoms in total. The van der Waals surface area contributed by atoms with Crippen LogP contribution in [0.5, 0.6) is 0 Å². The van der Waals surface area contributed by atoms with Crippen molar-refractivity contribution >= 4 is 40.9 Å². The van der Waals surface area contributed by atoms with Crippen molar-refractivity contribution in [2.75, 3.05) is 0 Å². The number of hydrogen-bond donors (Lipinski definition) is 1. The fraction of sp³-hybridized carbons (Fsp3) is 0.235. The van der Waals surface area contributed by atoms with Gasteiger partial charge in [-0.2, -0.15) is 0 Å². The molecule has 0 saturated heterocycles. The van der Waals surface area contributed by atoms with Crippen LogP contribution in [0.25, 0.3) is 0 Å². The third-order valence-electron chi connectivity index (χ3n) is 3.40. The average Bonchev–Trinajstić information content (AvgIpc) is 3.33. The Bertz CT molecular complexity index is 674. The van der Waals surface area contributed by atoms with Crippen LogP contribution in [-0.2, 0) is 4.79 Å². The maximum atomic E-state index is 12.6. The summed E-state index contributed by atoms with van der Waals surface area (Å²) in [5.74, 6) is 0.0229. The highest BCUT2D eigenvalue weighted by molar-refractivity contribution is 8.00. The molecule has 1 saturated carbocycles. The van der Waals surface area contributed by atoms with Gasteiger partial charge in [-0.05, 0) is 36.6 Å². The molecule has 1 aliphatic rings. The highest BCUT2D eigenvalue weighted by Gasteiger charge is 2.29. The Morgan fingerprint density at radius 3 is 2.55 bits per heavy atom. The topological polar surface area (TPSA) is 29.1 Å². The van der Waals surface area contributed by atoms with Crippen molar-refractivity contribution in [1.29, 1.82) is 0 Å². The van der Waals surface area contributed by atoms with Crippen LogP contribution in [-0.4, -0.2) is 11.9 Å². The molecule has 5 heteroatoms. The van der Waals surface area contributed by atoms with Crippen molar-refractivity contribution < 1.29 is 4.79 Å². The summed E-state index contributed by atoms with van der Waals surface area (Å²) in [5, 5.41) is 3.95. The molecule has 1 atom stereocenters. The summed E-state index contributed by atoms with van der Waals surface area (Å²) in [6.45, 7) is 0. The Morgan fingerprint density at radius 2 is 1.86 bits per heavy atom. The van der Waals surface area contributed by atoms with Crippen molar-refractivity contribution in [3.63, 3.8) is 0 Å². The smallest absolute Gasteiger partial charge is 0.238 e. The zero-order valence-corrected chi connectivity index (χ0v) is 14.1. The first kappa shape index (κ1) is 15.7. The minimum Gasteiger partial charge on any atom is -0.352 e. The Balaban J connectivity index is 1.87. The minimum absolute atomic E-state index is 0.0229. The molecule has 0 radical (unpaired) electrons. The number of halogens is 2. The maximum Gasteiger partial charge on any atom is 0.238 e. The summed E-state index contributed by atoms with van der Waals surface area (Å²) >= 11 is 13.7. The van der Waals surface area contributed by atoms with E-state index in [0.717, 1.165) is 23.3 Å². The van der Waals surface area contributed by atoms with E-state index in [1.807, 2.05) is 30.3 Å². The molecule has 1 aliphatic carbocycles. The van der Waals surface area contributed by atoms with E-state index in [4.69, 9.17) is 23.2 Å². The van der Waals surface area contributed by atoms with Crippen LogP contribution in [0.15, 0.2) is 53.4 Å². The average molecular weight is 352 g/mol. The quantitative estimate of drug-likeness (QED) is 0.758. The number of nitrogens with one attached hydrogen (secondary N) is 1. The van der Waals surface area contributed by atoms with Crippen molar-refractivity contribution in [2.45, 2.75) is 29.0 Å². The van der Waals surface area contributed by atoms with E-state index in [2.05, 4.69) is 5.32 Å². The third-order valence-corrected chi connectivity index (χ3v) is 5.39.